The van der Waals surface area contributed by atoms with Gasteiger partial charge in [0.15, 0.2) is 5.82 Å². The average molecular weight is 516 g/mol. The molecule has 38 heavy (non-hydrogen) atoms. The lowest BCUT2D eigenvalue weighted by atomic mass is 10.1. The molecule has 4 rings (SSSR count). The predicted molar refractivity (Wildman–Crippen MR) is 139 cm³/mol. The van der Waals surface area contributed by atoms with E-state index in [-0.39, 0.29) is 22.9 Å². The fourth-order valence-electron chi connectivity index (χ4n) is 3.81. The molecule has 1 atom stereocenters. The van der Waals surface area contributed by atoms with Gasteiger partial charge in [-0.2, -0.15) is 4.68 Å². The van der Waals surface area contributed by atoms with Crippen molar-refractivity contribution < 1.29 is 19.1 Å². The molecule has 0 aliphatic rings. The van der Waals surface area contributed by atoms with Gasteiger partial charge < -0.3 is 20.5 Å². The molecule has 1 unspecified atom stereocenters. The highest BCUT2D eigenvalue weighted by molar-refractivity contribution is 5.99. The normalized spacial score (nSPS) is 11.4. The number of nitrogens with zero attached hydrogens (tertiary/aromatic N) is 3. The van der Waals surface area contributed by atoms with Crippen LogP contribution in [-0.2, 0) is 9.53 Å². The van der Waals surface area contributed by atoms with Crippen LogP contribution in [-0.4, -0.2) is 44.6 Å². The Balaban J connectivity index is 1.81. The standard InChI is InChI=1S/C26H25N7O5/c1-14-12-17(13-21(29-14)37-3)22(30-18-10-8-16(9-11-18)23(27)28)24-31-26(36)33(32-24)20-7-5-4-6-19(20)25(35)38-15(2)34/h4-13,22,30H,1-3H3,(H3,27,28)(H,31,32,36). The van der Waals surface area contributed by atoms with Crippen LogP contribution in [0.2, 0.25) is 0 Å². The molecule has 0 saturated heterocycles. The summed E-state index contributed by atoms with van der Waals surface area (Å²) in [5.74, 6) is -1.14. The minimum Gasteiger partial charge on any atom is -0.481 e. The van der Waals surface area contributed by atoms with E-state index in [1.54, 1.807) is 42.5 Å². The van der Waals surface area contributed by atoms with E-state index in [1.165, 1.54) is 19.2 Å². The van der Waals surface area contributed by atoms with Crippen molar-refractivity contribution in [1.82, 2.24) is 19.7 Å². The Hall–Kier alpha value is -5.26. The number of nitrogen functional groups attached to an aromatic ring is 1. The molecule has 0 amide bonds. The molecule has 12 heteroatoms. The Morgan fingerprint density at radius 3 is 2.50 bits per heavy atom. The number of para-hydroxylation sites is 1. The van der Waals surface area contributed by atoms with Crippen LogP contribution in [0.3, 0.4) is 0 Å². The highest BCUT2D eigenvalue weighted by atomic mass is 16.6. The number of pyridine rings is 1. The number of aromatic nitrogens is 4. The number of methoxy groups -OCH3 is 1. The second kappa shape index (κ2) is 10.8. The molecular weight excluding hydrogens is 490 g/mol. The molecule has 5 N–H and O–H groups in total. The van der Waals surface area contributed by atoms with E-state index in [0.717, 1.165) is 11.6 Å². The number of aromatic amines is 1. The number of hydrogen-bond donors (Lipinski definition) is 4. The fraction of sp³-hybridized carbons (Fsp3) is 0.154. The van der Waals surface area contributed by atoms with Crippen molar-refractivity contribution in [1.29, 1.82) is 5.41 Å². The number of ether oxygens (including phenoxy) is 2. The van der Waals surface area contributed by atoms with Crippen molar-refractivity contribution >= 4 is 23.5 Å². The van der Waals surface area contributed by atoms with Gasteiger partial charge in [0.1, 0.15) is 11.9 Å². The number of H-pyrrole nitrogens is 1. The average Bonchev–Trinajstić information content (AvgIpc) is 3.27. The van der Waals surface area contributed by atoms with Crippen LogP contribution in [0.25, 0.3) is 5.69 Å². The third kappa shape index (κ3) is 5.59. The topological polar surface area (TPSA) is 178 Å². The van der Waals surface area contributed by atoms with Crippen molar-refractivity contribution in [2.24, 2.45) is 5.73 Å². The number of nitrogens with two attached hydrogens (primary N) is 1. The third-order valence-electron chi connectivity index (χ3n) is 5.50. The molecule has 0 saturated carbocycles. The SMILES string of the molecule is COc1cc(C(Nc2ccc(C(=N)N)cc2)c2nn(-c3ccccc3C(=O)OC(C)=O)c(=O)[nH]2)cc(C)n1. The molecule has 0 spiro atoms. The molecule has 2 heterocycles. The molecular formula is C26H25N7O5. The van der Waals surface area contributed by atoms with Crippen LogP contribution >= 0.6 is 0 Å². The molecule has 4 aromatic rings. The molecule has 0 bridgehead atoms. The van der Waals surface area contributed by atoms with Gasteiger partial charge in [-0.1, -0.05) is 12.1 Å². The fourth-order valence-corrected chi connectivity index (χ4v) is 3.81. The minimum atomic E-state index is -0.903. The van der Waals surface area contributed by atoms with Gasteiger partial charge in [-0.3, -0.25) is 15.2 Å². The van der Waals surface area contributed by atoms with Gasteiger partial charge in [0, 0.05) is 29.9 Å². The largest absolute Gasteiger partial charge is 0.481 e. The summed E-state index contributed by atoms with van der Waals surface area (Å²) in [5.41, 5.74) is 7.67. The van der Waals surface area contributed by atoms with Crippen LogP contribution in [0.4, 0.5) is 5.69 Å². The maximum Gasteiger partial charge on any atom is 0.348 e. The first-order chi connectivity index (χ1) is 18.2. The number of benzene rings is 2. The van der Waals surface area contributed by atoms with Crippen LogP contribution in [0.15, 0.2) is 65.5 Å². The Kier molecular flexibility index (Phi) is 7.33. The molecule has 12 nitrogen and oxygen atoms in total. The maximum absolute atomic E-state index is 13.1. The molecule has 2 aromatic heterocycles. The highest BCUT2D eigenvalue weighted by Crippen LogP contribution is 2.27. The number of esters is 2. The second-order valence-electron chi connectivity index (χ2n) is 8.28. The van der Waals surface area contributed by atoms with Crippen LogP contribution in [0, 0.1) is 12.3 Å². The zero-order valence-corrected chi connectivity index (χ0v) is 20.8. The molecule has 2 aromatic carbocycles. The van der Waals surface area contributed by atoms with Crippen molar-refractivity contribution in [3.05, 3.63) is 99.4 Å². The van der Waals surface area contributed by atoms with Gasteiger partial charge in [0.2, 0.25) is 5.88 Å². The van der Waals surface area contributed by atoms with E-state index >= 15 is 0 Å². The monoisotopic (exact) mass is 515 g/mol. The van der Waals surface area contributed by atoms with Crippen molar-refractivity contribution in [2.45, 2.75) is 19.9 Å². The number of hydrogen-bond acceptors (Lipinski definition) is 9. The second-order valence-corrected chi connectivity index (χ2v) is 8.28. The first kappa shape index (κ1) is 25.8. The van der Waals surface area contributed by atoms with Crippen molar-refractivity contribution in [2.75, 3.05) is 12.4 Å². The smallest absolute Gasteiger partial charge is 0.348 e. The number of carbonyl (C=O) groups excluding carboxylic acids is 2. The number of nitrogens with one attached hydrogen (secondary N) is 3. The number of aryl methyl sites for hydroxylation is 1. The van der Waals surface area contributed by atoms with Gasteiger partial charge in [0.05, 0.1) is 18.4 Å². The summed E-state index contributed by atoms with van der Waals surface area (Å²) in [6.07, 6.45) is 0. The summed E-state index contributed by atoms with van der Waals surface area (Å²) >= 11 is 0. The minimum absolute atomic E-state index is 0.00592. The summed E-state index contributed by atoms with van der Waals surface area (Å²) in [4.78, 5) is 44.0. The van der Waals surface area contributed by atoms with E-state index in [4.69, 9.17) is 20.6 Å². The quantitative estimate of drug-likeness (QED) is 0.119. The summed E-state index contributed by atoms with van der Waals surface area (Å²) in [6, 6.07) is 15.9. The van der Waals surface area contributed by atoms with Gasteiger partial charge in [0.25, 0.3) is 0 Å². The van der Waals surface area contributed by atoms with Crippen molar-refractivity contribution in [3.8, 4) is 11.6 Å². The Bertz CT molecular complexity index is 1570. The zero-order chi connectivity index (χ0) is 27.4. The summed E-state index contributed by atoms with van der Waals surface area (Å²) in [7, 11) is 1.50. The third-order valence-corrected chi connectivity index (χ3v) is 5.50. The van der Waals surface area contributed by atoms with Crippen LogP contribution in [0.5, 0.6) is 5.88 Å². The van der Waals surface area contributed by atoms with Crippen molar-refractivity contribution in [3.63, 3.8) is 0 Å². The van der Waals surface area contributed by atoms with Gasteiger partial charge >= 0.3 is 17.6 Å². The summed E-state index contributed by atoms with van der Waals surface area (Å²) < 4.78 is 11.1. The van der Waals surface area contributed by atoms with E-state index < -0.39 is 23.7 Å². The van der Waals surface area contributed by atoms with E-state index in [2.05, 4.69) is 20.4 Å². The van der Waals surface area contributed by atoms with E-state index in [1.807, 2.05) is 13.0 Å². The molecule has 0 radical (unpaired) electrons. The molecule has 0 aliphatic carbocycles. The molecule has 0 aliphatic heterocycles. The first-order valence-electron chi connectivity index (χ1n) is 11.4. The van der Waals surface area contributed by atoms with Gasteiger partial charge in [-0.15, -0.1) is 5.10 Å². The lowest BCUT2D eigenvalue weighted by Gasteiger charge is -2.19. The van der Waals surface area contributed by atoms with E-state index in [0.29, 0.717) is 28.4 Å². The predicted octanol–water partition coefficient (Wildman–Crippen LogP) is 2.46. The van der Waals surface area contributed by atoms with E-state index in [9.17, 15) is 14.4 Å². The summed E-state index contributed by atoms with van der Waals surface area (Å²) in [6.45, 7) is 2.92. The number of amidine groups is 1. The first-order valence-corrected chi connectivity index (χ1v) is 11.4. The Labute approximate surface area is 216 Å². The lowest BCUT2D eigenvalue weighted by molar-refractivity contribution is -0.135. The Morgan fingerprint density at radius 1 is 1.13 bits per heavy atom. The number of rotatable bonds is 8. The van der Waals surface area contributed by atoms with Gasteiger partial charge in [-0.05, 0) is 55.0 Å². The summed E-state index contributed by atoms with van der Waals surface area (Å²) in [5, 5.41) is 15.4. The Morgan fingerprint density at radius 2 is 1.84 bits per heavy atom. The lowest BCUT2D eigenvalue weighted by Crippen LogP contribution is -2.20. The maximum atomic E-state index is 13.1. The highest BCUT2D eigenvalue weighted by Gasteiger charge is 2.24. The molecule has 0 fully saturated rings. The zero-order valence-electron chi connectivity index (χ0n) is 20.8. The van der Waals surface area contributed by atoms with Crippen LogP contribution in [0.1, 0.15) is 46.0 Å². The molecule has 194 valence electrons. The van der Waals surface area contributed by atoms with Crippen LogP contribution < -0.4 is 21.5 Å². The number of anilines is 1. The van der Waals surface area contributed by atoms with Gasteiger partial charge in [-0.25, -0.2) is 14.6 Å². The number of carbonyl (C=O) groups is 2.